The predicted molar refractivity (Wildman–Crippen MR) is 74.7 cm³/mol. The highest BCUT2D eigenvalue weighted by Crippen LogP contribution is 2.23. The van der Waals surface area contributed by atoms with Crippen LogP contribution < -0.4 is 5.73 Å². The summed E-state index contributed by atoms with van der Waals surface area (Å²) in [6.07, 6.45) is 2.73. The van der Waals surface area contributed by atoms with E-state index in [4.69, 9.17) is 45.3 Å². The summed E-state index contributed by atoms with van der Waals surface area (Å²) in [5, 5.41) is 0.204. The van der Waals surface area contributed by atoms with Crippen molar-refractivity contribution < 1.29 is 9.53 Å². The normalized spacial score (nSPS) is 18.1. The molecule has 0 radical (unpaired) electrons. The van der Waals surface area contributed by atoms with Gasteiger partial charge in [0, 0.05) is 18.7 Å². The number of rotatable bonds is 2. The lowest BCUT2D eigenvalue weighted by Gasteiger charge is -2.01. The monoisotopic (exact) mass is 309 g/mol. The van der Waals surface area contributed by atoms with Crippen LogP contribution in [0.3, 0.4) is 0 Å². The predicted octanol–water partition coefficient (Wildman–Crippen LogP) is 3.50. The lowest BCUT2D eigenvalue weighted by atomic mass is 10.2. The molecular weight excluding hydrogens is 296 g/mol. The molecule has 1 fully saturated rings. The topological polar surface area (TPSA) is 52.3 Å². The first-order valence-corrected chi connectivity index (χ1v) is 6.64. The summed E-state index contributed by atoms with van der Waals surface area (Å²) in [6, 6.07) is 4.47. The number of nitrogens with two attached hydrogens (primary N) is 1. The molecule has 3 nitrogen and oxygen atoms in total. The highest BCUT2D eigenvalue weighted by atomic mass is 35.5. The Morgan fingerprint density at radius 2 is 2.11 bits per heavy atom. The minimum absolute atomic E-state index is 0.332. The molecular formula is C12H14Cl3NO2. The van der Waals surface area contributed by atoms with Gasteiger partial charge in [-0.25, -0.2) is 0 Å². The molecule has 0 aromatic heterocycles. The first kappa shape index (κ1) is 15.7. The third-order valence-corrected chi connectivity index (χ3v) is 3.39. The quantitative estimate of drug-likeness (QED) is 0.851. The molecule has 2 N–H and O–H groups in total. The molecule has 6 heteroatoms. The van der Waals surface area contributed by atoms with Crippen molar-refractivity contribution >= 4 is 40.0 Å². The zero-order valence-corrected chi connectivity index (χ0v) is 11.9. The van der Waals surface area contributed by atoms with E-state index < -0.39 is 5.24 Å². The summed E-state index contributed by atoms with van der Waals surface area (Å²) in [6.45, 7) is 1.61. The van der Waals surface area contributed by atoms with Crippen molar-refractivity contribution in [3.05, 3.63) is 33.8 Å². The maximum Gasteiger partial charge on any atom is 0.252 e. The first-order valence-electron chi connectivity index (χ1n) is 5.51. The van der Waals surface area contributed by atoms with Crippen molar-refractivity contribution in [2.75, 3.05) is 13.2 Å². The van der Waals surface area contributed by atoms with Gasteiger partial charge in [0.05, 0.1) is 16.1 Å². The minimum Gasteiger partial charge on any atom is -0.377 e. The van der Waals surface area contributed by atoms with Gasteiger partial charge in [-0.2, -0.15) is 0 Å². The van der Waals surface area contributed by atoms with Crippen molar-refractivity contribution in [3.63, 3.8) is 0 Å². The molecule has 1 aromatic carbocycles. The van der Waals surface area contributed by atoms with E-state index in [0.29, 0.717) is 28.3 Å². The molecule has 0 spiro atoms. The van der Waals surface area contributed by atoms with Crippen molar-refractivity contribution in [2.24, 2.45) is 5.73 Å². The van der Waals surface area contributed by atoms with Gasteiger partial charge in [-0.3, -0.25) is 4.79 Å². The molecule has 0 amide bonds. The molecule has 100 valence electrons. The Balaban J connectivity index is 0.000000199. The Kier molecular flexibility index (Phi) is 6.97. The zero-order chi connectivity index (χ0) is 13.5. The van der Waals surface area contributed by atoms with E-state index in [-0.39, 0.29) is 0 Å². The van der Waals surface area contributed by atoms with Crippen molar-refractivity contribution in [1.29, 1.82) is 0 Å². The van der Waals surface area contributed by atoms with Gasteiger partial charge in [-0.05, 0) is 42.6 Å². The number of carbonyl (C=O) groups excluding carboxylic acids is 1. The van der Waals surface area contributed by atoms with E-state index >= 15 is 0 Å². The average molecular weight is 311 g/mol. The lowest BCUT2D eigenvalue weighted by Crippen LogP contribution is -2.17. The largest absolute Gasteiger partial charge is 0.377 e. The summed E-state index contributed by atoms with van der Waals surface area (Å²) >= 11 is 16.4. The molecule has 18 heavy (non-hydrogen) atoms. The van der Waals surface area contributed by atoms with Crippen LogP contribution in [0, 0.1) is 0 Å². The van der Waals surface area contributed by atoms with Crippen LogP contribution in [0.1, 0.15) is 23.2 Å². The van der Waals surface area contributed by atoms with Gasteiger partial charge in [0.25, 0.3) is 5.24 Å². The van der Waals surface area contributed by atoms with E-state index in [1.807, 2.05) is 0 Å². The molecule has 1 aromatic rings. The van der Waals surface area contributed by atoms with E-state index in [1.165, 1.54) is 24.6 Å². The Morgan fingerprint density at radius 1 is 1.39 bits per heavy atom. The number of hydrogen-bond donors (Lipinski definition) is 1. The molecule has 2 rings (SSSR count). The van der Waals surface area contributed by atoms with Gasteiger partial charge in [0.1, 0.15) is 0 Å². The second-order valence-corrected chi connectivity index (χ2v) is 4.93. The number of ether oxygens (including phenoxy) is 1. The zero-order valence-electron chi connectivity index (χ0n) is 9.67. The van der Waals surface area contributed by atoms with Crippen LogP contribution >= 0.6 is 34.8 Å². The Hall–Kier alpha value is -0.320. The fraction of sp³-hybridized carbons (Fsp3) is 0.417. The number of benzene rings is 1. The maximum atomic E-state index is 10.6. The van der Waals surface area contributed by atoms with Crippen LogP contribution in [-0.4, -0.2) is 24.5 Å². The van der Waals surface area contributed by atoms with Gasteiger partial charge >= 0.3 is 0 Å². The van der Waals surface area contributed by atoms with Crippen molar-refractivity contribution in [2.45, 2.75) is 18.9 Å². The minimum atomic E-state index is -0.538. The molecule has 1 heterocycles. The van der Waals surface area contributed by atoms with E-state index in [2.05, 4.69) is 0 Å². The van der Waals surface area contributed by atoms with Gasteiger partial charge in [-0.1, -0.05) is 23.2 Å². The SMILES string of the molecule is NCC1CCCO1.O=C(Cl)c1ccc(Cl)c(Cl)c1. The Bertz CT molecular complexity index is 406. The van der Waals surface area contributed by atoms with E-state index in [0.717, 1.165) is 13.0 Å². The van der Waals surface area contributed by atoms with Crippen LogP contribution in [0.4, 0.5) is 0 Å². The highest BCUT2D eigenvalue weighted by molar-refractivity contribution is 6.67. The van der Waals surface area contributed by atoms with E-state index in [1.54, 1.807) is 0 Å². The van der Waals surface area contributed by atoms with Gasteiger partial charge in [-0.15, -0.1) is 0 Å². The van der Waals surface area contributed by atoms with Gasteiger partial charge in [0.2, 0.25) is 0 Å². The van der Waals surface area contributed by atoms with Crippen LogP contribution in [0.2, 0.25) is 10.0 Å². The van der Waals surface area contributed by atoms with Crippen LogP contribution in [-0.2, 0) is 4.74 Å². The molecule has 0 bridgehead atoms. The summed E-state index contributed by atoms with van der Waals surface area (Å²) in [5.74, 6) is 0. The number of halogens is 3. The first-order chi connectivity index (χ1) is 8.54. The second-order valence-electron chi connectivity index (χ2n) is 3.77. The molecule has 1 saturated heterocycles. The van der Waals surface area contributed by atoms with Crippen LogP contribution in [0.15, 0.2) is 18.2 Å². The third kappa shape index (κ3) is 5.12. The highest BCUT2D eigenvalue weighted by Gasteiger charge is 2.11. The average Bonchev–Trinajstić information content (AvgIpc) is 2.86. The molecule has 0 saturated carbocycles. The van der Waals surface area contributed by atoms with Crippen molar-refractivity contribution in [1.82, 2.24) is 0 Å². The standard InChI is InChI=1S/C7H3Cl3O.C5H11NO/c8-5-2-1-4(7(10)11)3-6(5)9;6-4-5-2-1-3-7-5/h1-3H;5H,1-4,6H2. The van der Waals surface area contributed by atoms with Gasteiger partial charge in [0.15, 0.2) is 0 Å². The van der Waals surface area contributed by atoms with Crippen molar-refractivity contribution in [3.8, 4) is 0 Å². The smallest absolute Gasteiger partial charge is 0.252 e. The van der Waals surface area contributed by atoms with Crippen LogP contribution in [0.25, 0.3) is 0 Å². The Morgan fingerprint density at radius 3 is 2.50 bits per heavy atom. The fourth-order valence-electron chi connectivity index (χ4n) is 1.45. The summed E-state index contributed by atoms with van der Waals surface area (Å²) < 4.78 is 5.18. The summed E-state index contributed by atoms with van der Waals surface area (Å²) in [7, 11) is 0. The Labute approximate surface area is 121 Å². The summed E-state index contributed by atoms with van der Waals surface area (Å²) in [4.78, 5) is 10.6. The maximum absolute atomic E-state index is 10.6. The molecule has 1 aliphatic heterocycles. The van der Waals surface area contributed by atoms with Gasteiger partial charge < -0.3 is 10.5 Å². The third-order valence-electron chi connectivity index (χ3n) is 2.43. The lowest BCUT2D eigenvalue weighted by molar-refractivity contribution is 0.108. The second kappa shape index (κ2) is 7.97. The fourth-order valence-corrected chi connectivity index (χ4v) is 1.86. The molecule has 1 unspecified atom stereocenters. The molecule has 1 atom stereocenters. The summed E-state index contributed by atoms with van der Waals surface area (Å²) in [5.41, 5.74) is 5.66. The van der Waals surface area contributed by atoms with E-state index in [9.17, 15) is 4.79 Å². The van der Waals surface area contributed by atoms with Crippen LogP contribution in [0.5, 0.6) is 0 Å². The number of carbonyl (C=O) groups is 1. The molecule has 0 aliphatic carbocycles. The molecule has 1 aliphatic rings. The number of hydrogen-bond acceptors (Lipinski definition) is 3.